The molecule has 2 heterocycles. The van der Waals surface area contributed by atoms with Crippen LogP contribution in [0.1, 0.15) is 59.5 Å². The van der Waals surface area contributed by atoms with Gasteiger partial charge in [0.1, 0.15) is 11.8 Å². The van der Waals surface area contributed by atoms with Crippen molar-refractivity contribution in [1.82, 2.24) is 9.88 Å². The van der Waals surface area contributed by atoms with Crippen molar-refractivity contribution in [2.45, 2.75) is 44.9 Å². The van der Waals surface area contributed by atoms with Crippen molar-refractivity contribution in [2.75, 3.05) is 19.7 Å². The van der Waals surface area contributed by atoms with E-state index >= 15 is 0 Å². The minimum absolute atomic E-state index is 0.0548. The van der Waals surface area contributed by atoms with Gasteiger partial charge in [-0.25, -0.2) is 9.78 Å². The number of aromatic nitrogens is 1. The van der Waals surface area contributed by atoms with Gasteiger partial charge in [0, 0.05) is 25.8 Å². The molecule has 1 aromatic heterocycles. The number of carbonyl (C=O) groups is 1. The number of esters is 1. The number of hydrogen-bond acceptors (Lipinski definition) is 5. The number of pyridine rings is 1. The predicted octanol–water partition coefficient (Wildman–Crippen LogP) is 5.42. The smallest absolute Gasteiger partial charge is 0.356 e. The van der Waals surface area contributed by atoms with Crippen LogP contribution in [-0.2, 0) is 16.0 Å². The van der Waals surface area contributed by atoms with Crippen LogP contribution in [0.15, 0.2) is 79.0 Å². The molecule has 0 aliphatic carbocycles. The van der Waals surface area contributed by atoms with Gasteiger partial charge in [-0.2, -0.15) is 0 Å². The Morgan fingerprint density at radius 2 is 1.64 bits per heavy atom. The van der Waals surface area contributed by atoms with Gasteiger partial charge in [0.15, 0.2) is 0 Å². The molecule has 1 fully saturated rings. The number of carbonyl (C=O) groups excluding carboxylic acids is 1. The molecule has 0 spiro atoms. The van der Waals surface area contributed by atoms with Gasteiger partial charge in [-0.3, -0.25) is 4.90 Å². The Morgan fingerprint density at radius 1 is 1.00 bits per heavy atom. The van der Waals surface area contributed by atoms with Crippen LogP contribution in [0.25, 0.3) is 0 Å². The highest BCUT2D eigenvalue weighted by Gasteiger charge is 2.25. The van der Waals surface area contributed by atoms with Gasteiger partial charge in [0.05, 0.1) is 12.7 Å². The van der Waals surface area contributed by atoms with Crippen molar-refractivity contribution in [1.29, 1.82) is 0 Å². The summed E-state index contributed by atoms with van der Waals surface area (Å²) >= 11 is 0. The summed E-state index contributed by atoms with van der Waals surface area (Å²) < 4.78 is 11.9. The Bertz CT molecular complexity index is 962. The molecule has 5 nitrogen and oxygen atoms in total. The zero-order valence-corrected chi connectivity index (χ0v) is 19.2. The molecule has 1 aliphatic heterocycles. The Kier molecular flexibility index (Phi) is 8.23. The molecule has 0 unspecified atom stereocenters. The summed E-state index contributed by atoms with van der Waals surface area (Å²) in [7, 11) is 0. The van der Waals surface area contributed by atoms with E-state index in [0.717, 1.165) is 44.5 Å². The van der Waals surface area contributed by atoms with E-state index in [-0.39, 0.29) is 18.2 Å². The van der Waals surface area contributed by atoms with Gasteiger partial charge in [-0.05, 0) is 48.1 Å². The highest BCUT2D eigenvalue weighted by molar-refractivity contribution is 5.87. The van der Waals surface area contributed by atoms with Crippen molar-refractivity contribution in [3.05, 3.63) is 101 Å². The number of nitrogens with zero attached hydrogens (tertiary/aromatic N) is 2. The highest BCUT2D eigenvalue weighted by atomic mass is 16.5. The van der Waals surface area contributed by atoms with E-state index in [0.29, 0.717) is 12.3 Å². The maximum Gasteiger partial charge on any atom is 0.356 e. The molecule has 0 N–H and O–H groups in total. The van der Waals surface area contributed by atoms with Crippen LogP contribution < -0.4 is 0 Å². The van der Waals surface area contributed by atoms with Gasteiger partial charge < -0.3 is 9.47 Å². The molecule has 0 atom stereocenters. The van der Waals surface area contributed by atoms with E-state index in [1.165, 1.54) is 11.1 Å². The van der Waals surface area contributed by atoms with Crippen LogP contribution >= 0.6 is 0 Å². The van der Waals surface area contributed by atoms with Crippen LogP contribution in [0.3, 0.4) is 0 Å². The normalized spacial score (nSPS) is 15.0. The van der Waals surface area contributed by atoms with Crippen molar-refractivity contribution < 1.29 is 14.3 Å². The van der Waals surface area contributed by atoms with Gasteiger partial charge in [0.2, 0.25) is 0 Å². The number of ether oxygens (including phenoxy) is 2. The second-order valence-corrected chi connectivity index (χ2v) is 8.50. The van der Waals surface area contributed by atoms with E-state index in [1.54, 1.807) is 6.20 Å². The SMILES string of the molecule is CCCOC(=O)c1cc(CN2CCC(OC(c3ccccc3)c3ccccc3)CC2)ccn1. The molecule has 0 saturated carbocycles. The fourth-order valence-electron chi connectivity index (χ4n) is 4.21. The lowest BCUT2D eigenvalue weighted by molar-refractivity contribution is -0.0281. The third-order valence-corrected chi connectivity index (χ3v) is 5.94. The number of likely N-dealkylation sites (tertiary alicyclic amines) is 1. The Morgan fingerprint density at radius 3 is 2.24 bits per heavy atom. The molecular weight excluding hydrogens is 412 g/mol. The van der Waals surface area contributed by atoms with Gasteiger partial charge in [-0.15, -0.1) is 0 Å². The topological polar surface area (TPSA) is 51.7 Å². The fraction of sp³-hybridized carbons (Fsp3) is 0.357. The van der Waals surface area contributed by atoms with E-state index in [2.05, 4.69) is 58.4 Å². The summed E-state index contributed by atoms with van der Waals surface area (Å²) in [6, 6.07) is 24.7. The van der Waals surface area contributed by atoms with Crippen molar-refractivity contribution >= 4 is 5.97 Å². The van der Waals surface area contributed by atoms with Crippen molar-refractivity contribution in [3.8, 4) is 0 Å². The standard InChI is InChI=1S/C28H32N2O3/c1-2-19-32-28(31)26-20-22(13-16-29-26)21-30-17-14-25(15-18-30)33-27(23-9-5-3-6-10-23)24-11-7-4-8-12-24/h3-13,16,20,25,27H,2,14-15,17-19,21H2,1H3. The van der Waals surface area contributed by atoms with Crippen molar-refractivity contribution in [2.24, 2.45) is 0 Å². The zero-order valence-electron chi connectivity index (χ0n) is 19.2. The fourth-order valence-corrected chi connectivity index (χ4v) is 4.21. The molecule has 4 rings (SSSR count). The number of hydrogen-bond donors (Lipinski definition) is 0. The average Bonchev–Trinajstić information content (AvgIpc) is 2.88. The van der Waals surface area contributed by atoms with Crippen LogP contribution in [0, 0.1) is 0 Å². The number of benzene rings is 2. The first-order valence-electron chi connectivity index (χ1n) is 11.8. The first-order chi connectivity index (χ1) is 16.2. The second-order valence-electron chi connectivity index (χ2n) is 8.50. The highest BCUT2D eigenvalue weighted by Crippen LogP contribution is 2.30. The summed E-state index contributed by atoms with van der Waals surface area (Å²) in [5.74, 6) is -0.348. The maximum atomic E-state index is 12.1. The Hall–Kier alpha value is -3.02. The summed E-state index contributed by atoms with van der Waals surface area (Å²) in [5.41, 5.74) is 3.84. The van der Waals surface area contributed by atoms with Crippen LogP contribution in [0.4, 0.5) is 0 Å². The summed E-state index contributed by atoms with van der Waals surface area (Å²) in [4.78, 5) is 18.7. The van der Waals surface area contributed by atoms with E-state index < -0.39 is 0 Å². The quantitative estimate of drug-likeness (QED) is 0.413. The lowest BCUT2D eigenvalue weighted by atomic mass is 10.00. The molecule has 1 aliphatic rings. The lowest BCUT2D eigenvalue weighted by Gasteiger charge is -2.34. The first-order valence-corrected chi connectivity index (χ1v) is 11.8. The molecule has 0 radical (unpaired) electrons. The van der Waals surface area contributed by atoms with E-state index in [4.69, 9.17) is 9.47 Å². The molecule has 1 saturated heterocycles. The Balaban J connectivity index is 1.34. The molecule has 2 aromatic carbocycles. The minimum atomic E-state index is -0.348. The third kappa shape index (κ3) is 6.50. The zero-order chi connectivity index (χ0) is 22.9. The Labute approximate surface area is 196 Å². The van der Waals surface area contributed by atoms with Gasteiger partial charge >= 0.3 is 5.97 Å². The van der Waals surface area contributed by atoms with Crippen LogP contribution in [0.2, 0.25) is 0 Å². The molecule has 5 heteroatoms. The summed E-state index contributed by atoms with van der Waals surface area (Å²) in [5, 5.41) is 0. The molecule has 3 aromatic rings. The number of rotatable bonds is 9. The maximum absolute atomic E-state index is 12.1. The molecule has 0 amide bonds. The largest absolute Gasteiger partial charge is 0.461 e. The monoisotopic (exact) mass is 444 g/mol. The molecule has 0 bridgehead atoms. The number of piperidine rings is 1. The van der Waals surface area contributed by atoms with Crippen LogP contribution in [-0.4, -0.2) is 41.7 Å². The summed E-state index contributed by atoms with van der Waals surface area (Å²) in [6.45, 7) is 5.11. The van der Waals surface area contributed by atoms with Crippen molar-refractivity contribution in [3.63, 3.8) is 0 Å². The van der Waals surface area contributed by atoms with E-state index in [9.17, 15) is 4.79 Å². The molecular formula is C28H32N2O3. The first kappa shape index (κ1) is 23.1. The van der Waals surface area contributed by atoms with Crippen LogP contribution in [0.5, 0.6) is 0 Å². The molecule has 33 heavy (non-hydrogen) atoms. The lowest BCUT2D eigenvalue weighted by Crippen LogP contribution is -2.37. The van der Waals surface area contributed by atoms with Gasteiger partial charge in [0.25, 0.3) is 0 Å². The van der Waals surface area contributed by atoms with E-state index in [1.807, 2.05) is 31.2 Å². The predicted molar refractivity (Wildman–Crippen MR) is 129 cm³/mol. The van der Waals surface area contributed by atoms with Gasteiger partial charge in [-0.1, -0.05) is 67.6 Å². The minimum Gasteiger partial charge on any atom is -0.461 e. The molecule has 172 valence electrons. The third-order valence-electron chi connectivity index (χ3n) is 5.94. The second kappa shape index (κ2) is 11.7. The average molecular weight is 445 g/mol. The summed E-state index contributed by atoms with van der Waals surface area (Å²) in [6.07, 6.45) is 4.61.